The molecule has 3 aromatic rings. The van der Waals surface area contributed by atoms with Crippen LogP contribution in [-0.4, -0.2) is 36.1 Å². The van der Waals surface area contributed by atoms with E-state index in [1.54, 1.807) is 31.4 Å². The average molecular weight is 411 g/mol. The molecule has 3 rings (SSSR count). The first-order valence-electron chi connectivity index (χ1n) is 7.79. The van der Waals surface area contributed by atoms with Crippen molar-refractivity contribution >= 4 is 56.6 Å². The molecule has 26 heavy (non-hydrogen) atoms. The van der Waals surface area contributed by atoms with E-state index in [0.717, 1.165) is 11.8 Å². The standard InChI is InChI=1S/C17H16Cl2N4O2S/c1-25-6-2-5-21-15(24)13-8-11-14(22-17(20)23-16(11)26-13)10-4-3-9(18)7-12(10)19/h3-4,7-8H,2,5-6H2,1H3,(H,21,24)(H2,20,22,23). The van der Waals surface area contributed by atoms with Crippen LogP contribution in [0.1, 0.15) is 16.1 Å². The molecule has 1 amide bonds. The average Bonchev–Trinajstić information content (AvgIpc) is 3.02. The third-order valence-corrected chi connectivity index (χ3v) is 5.21. The molecule has 0 fully saturated rings. The Morgan fingerprint density at radius 2 is 2.12 bits per heavy atom. The van der Waals surface area contributed by atoms with Gasteiger partial charge in [-0.2, -0.15) is 0 Å². The summed E-state index contributed by atoms with van der Waals surface area (Å²) in [4.78, 5) is 22.1. The predicted octanol–water partition coefficient (Wildman–Crippen LogP) is 4.01. The number of ether oxygens (including phenoxy) is 1. The lowest BCUT2D eigenvalue weighted by atomic mass is 10.1. The van der Waals surface area contributed by atoms with Gasteiger partial charge in [-0.25, -0.2) is 9.97 Å². The van der Waals surface area contributed by atoms with Crippen molar-refractivity contribution in [2.24, 2.45) is 0 Å². The number of benzene rings is 1. The number of nitrogen functional groups attached to an aromatic ring is 1. The van der Waals surface area contributed by atoms with Crippen LogP contribution in [0.4, 0.5) is 5.95 Å². The molecule has 3 N–H and O–H groups in total. The summed E-state index contributed by atoms with van der Waals surface area (Å²) in [6, 6.07) is 6.89. The minimum atomic E-state index is -0.171. The van der Waals surface area contributed by atoms with Crippen molar-refractivity contribution in [3.8, 4) is 11.3 Å². The highest BCUT2D eigenvalue weighted by atomic mass is 35.5. The molecule has 0 aliphatic heterocycles. The maximum atomic E-state index is 12.4. The Labute approximate surface area is 164 Å². The van der Waals surface area contributed by atoms with Gasteiger partial charge in [0.1, 0.15) is 4.83 Å². The molecule has 0 atom stereocenters. The van der Waals surface area contributed by atoms with E-state index in [2.05, 4.69) is 15.3 Å². The highest BCUT2D eigenvalue weighted by molar-refractivity contribution is 7.20. The van der Waals surface area contributed by atoms with E-state index in [1.165, 1.54) is 11.3 Å². The number of hydrogen-bond donors (Lipinski definition) is 2. The minimum Gasteiger partial charge on any atom is -0.385 e. The van der Waals surface area contributed by atoms with Crippen LogP contribution in [0.15, 0.2) is 24.3 Å². The van der Waals surface area contributed by atoms with Gasteiger partial charge >= 0.3 is 0 Å². The van der Waals surface area contributed by atoms with E-state index in [9.17, 15) is 4.79 Å². The van der Waals surface area contributed by atoms with Gasteiger partial charge in [0.05, 0.1) is 15.6 Å². The molecule has 0 saturated carbocycles. The van der Waals surface area contributed by atoms with E-state index in [-0.39, 0.29) is 11.9 Å². The summed E-state index contributed by atoms with van der Waals surface area (Å²) in [5.41, 5.74) is 7.10. The zero-order valence-corrected chi connectivity index (χ0v) is 16.2. The molecule has 1 aromatic carbocycles. The van der Waals surface area contributed by atoms with Crippen molar-refractivity contribution in [3.63, 3.8) is 0 Å². The summed E-state index contributed by atoms with van der Waals surface area (Å²) in [7, 11) is 1.63. The van der Waals surface area contributed by atoms with Crippen LogP contribution >= 0.6 is 34.5 Å². The van der Waals surface area contributed by atoms with Gasteiger partial charge < -0.3 is 15.8 Å². The second-order valence-electron chi connectivity index (χ2n) is 5.49. The van der Waals surface area contributed by atoms with Gasteiger partial charge in [-0.05, 0) is 30.7 Å². The number of rotatable bonds is 6. The topological polar surface area (TPSA) is 90.1 Å². The SMILES string of the molecule is COCCCNC(=O)c1cc2c(-c3ccc(Cl)cc3Cl)nc(N)nc2s1. The van der Waals surface area contributed by atoms with Crippen LogP contribution in [0, 0.1) is 0 Å². The van der Waals surface area contributed by atoms with Crippen molar-refractivity contribution in [2.45, 2.75) is 6.42 Å². The number of amides is 1. The fourth-order valence-corrected chi connectivity index (χ4v) is 3.89. The van der Waals surface area contributed by atoms with Gasteiger partial charge in [-0.15, -0.1) is 11.3 Å². The molecule has 0 bridgehead atoms. The predicted molar refractivity (Wildman–Crippen MR) is 106 cm³/mol. The Balaban J connectivity index is 1.98. The van der Waals surface area contributed by atoms with E-state index >= 15 is 0 Å². The van der Waals surface area contributed by atoms with Crippen LogP contribution in [0.5, 0.6) is 0 Å². The van der Waals surface area contributed by atoms with Crippen LogP contribution in [0.25, 0.3) is 21.5 Å². The van der Waals surface area contributed by atoms with E-state index in [0.29, 0.717) is 44.2 Å². The Morgan fingerprint density at radius 1 is 1.31 bits per heavy atom. The van der Waals surface area contributed by atoms with E-state index < -0.39 is 0 Å². The highest BCUT2D eigenvalue weighted by Crippen LogP contribution is 2.36. The van der Waals surface area contributed by atoms with Crippen molar-refractivity contribution in [1.82, 2.24) is 15.3 Å². The number of methoxy groups -OCH3 is 1. The number of nitrogens with zero attached hydrogens (tertiary/aromatic N) is 2. The number of carbonyl (C=O) groups excluding carboxylic acids is 1. The third-order valence-electron chi connectivity index (χ3n) is 3.63. The van der Waals surface area contributed by atoms with Gasteiger partial charge in [-0.3, -0.25) is 4.79 Å². The Morgan fingerprint density at radius 3 is 2.85 bits per heavy atom. The molecule has 136 valence electrons. The molecule has 0 aliphatic carbocycles. The fourth-order valence-electron chi connectivity index (χ4n) is 2.44. The van der Waals surface area contributed by atoms with Crippen molar-refractivity contribution in [2.75, 3.05) is 26.0 Å². The number of carbonyl (C=O) groups is 1. The van der Waals surface area contributed by atoms with E-state index in [4.69, 9.17) is 33.7 Å². The Bertz CT molecular complexity index is 961. The quantitative estimate of drug-likeness (QED) is 0.598. The number of thiophene rings is 1. The molecule has 0 radical (unpaired) electrons. The Kier molecular flexibility index (Phi) is 5.93. The van der Waals surface area contributed by atoms with Crippen molar-refractivity contribution < 1.29 is 9.53 Å². The first-order valence-corrected chi connectivity index (χ1v) is 9.36. The summed E-state index contributed by atoms with van der Waals surface area (Å²) >= 11 is 13.5. The molecule has 2 aromatic heterocycles. The van der Waals surface area contributed by atoms with Crippen molar-refractivity contribution in [1.29, 1.82) is 0 Å². The van der Waals surface area contributed by atoms with Crippen LogP contribution in [0.3, 0.4) is 0 Å². The van der Waals surface area contributed by atoms with Gasteiger partial charge in [-0.1, -0.05) is 23.2 Å². The lowest BCUT2D eigenvalue weighted by molar-refractivity contribution is 0.0952. The number of nitrogens with two attached hydrogens (primary N) is 1. The van der Waals surface area contributed by atoms with Gasteiger partial charge in [0, 0.05) is 36.2 Å². The van der Waals surface area contributed by atoms with Crippen LogP contribution < -0.4 is 11.1 Å². The fraction of sp³-hybridized carbons (Fsp3) is 0.235. The second kappa shape index (κ2) is 8.18. The molecule has 2 heterocycles. The van der Waals surface area contributed by atoms with Gasteiger partial charge in [0.25, 0.3) is 5.91 Å². The maximum Gasteiger partial charge on any atom is 0.261 e. The number of fused-ring (bicyclic) bond motifs is 1. The van der Waals surface area contributed by atoms with Crippen LogP contribution in [-0.2, 0) is 4.74 Å². The molecule has 0 unspecified atom stereocenters. The maximum absolute atomic E-state index is 12.4. The lowest BCUT2D eigenvalue weighted by Gasteiger charge is -2.06. The summed E-state index contributed by atoms with van der Waals surface area (Å²) in [6.45, 7) is 1.12. The summed E-state index contributed by atoms with van der Waals surface area (Å²) in [6.07, 6.45) is 0.742. The third kappa shape index (κ3) is 4.07. The highest BCUT2D eigenvalue weighted by Gasteiger charge is 2.17. The first-order chi connectivity index (χ1) is 12.5. The number of halogens is 2. The Hall–Kier alpha value is -1.93. The largest absolute Gasteiger partial charge is 0.385 e. The van der Waals surface area contributed by atoms with Gasteiger partial charge in [0.15, 0.2) is 0 Å². The van der Waals surface area contributed by atoms with E-state index in [1.807, 2.05) is 0 Å². The number of aromatic nitrogens is 2. The molecule has 0 aliphatic rings. The number of nitrogens with one attached hydrogen (secondary N) is 1. The smallest absolute Gasteiger partial charge is 0.261 e. The lowest BCUT2D eigenvalue weighted by Crippen LogP contribution is -2.24. The molecule has 0 saturated heterocycles. The minimum absolute atomic E-state index is 0.118. The van der Waals surface area contributed by atoms with Gasteiger partial charge in [0.2, 0.25) is 5.95 Å². The van der Waals surface area contributed by atoms with Crippen LogP contribution in [0.2, 0.25) is 10.0 Å². The van der Waals surface area contributed by atoms with Crippen molar-refractivity contribution in [3.05, 3.63) is 39.2 Å². The molecule has 6 nitrogen and oxygen atoms in total. The summed E-state index contributed by atoms with van der Waals surface area (Å²) < 4.78 is 4.97. The zero-order chi connectivity index (χ0) is 18.7. The molecule has 9 heteroatoms. The zero-order valence-electron chi connectivity index (χ0n) is 13.9. The second-order valence-corrected chi connectivity index (χ2v) is 7.36. The molecular weight excluding hydrogens is 395 g/mol. The molecular formula is C17H16Cl2N4O2S. The summed E-state index contributed by atoms with van der Waals surface area (Å²) in [5.74, 6) is -0.0525. The first kappa shape index (κ1) is 18.8. The number of hydrogen-bond acceptors (Lipinski definition) is 6. The normalized spacial score (nSPS) is 11.0. The number of anilines is 1. The summed E-state index contributed by atoms with van der Waals surface area (Å²) in [5, 5.41) is 4.55. The monoisotopic (exact) mass is 410 g/mol. The molecule has 0 spiro atoms.